The average molecular weight is 306 g/mol. The first kappa shape index (κ1) is 17.2. The van der Waals surface area contributed by atoms with Crippen molar-refractivity contribution in [1.82, 2.24) is 0 Å². The van der Waals surface area contributed by atoms with Crippen molar-refractivity contribution in [2.24, 2.45) is 5.73 Å². The van der Waals surface area contributed by atoms with E-state index in [9.17, 15) is 5.26 Å². The molecule has 0 atom stereocenters. The molecule has 0 aromatic heterocycles. The summed E-state index contributed by atoms with van der Waals surface area (Å²) in [4.78, 5) is 0. The molecule has 2 rings (SSSR count). The van der Waals surface area contributed by atoms with Crippen LogP contribution in [-0.4, -0.2) is 6.54 Å². The number of rotatable bonds is 9. The van der Waals surface area contributed by atoms with Crippen LogP contribution in [0.25, 0.3) is 11.1 Å². The van der Waals surface area contributed by atoms with Crippen molar-refractivity contribution in [3.05, 3.63) is 59.7 Å². The lowest BCUT2D eigenvalue weighted by Gasteiger charge is -2.06. The van der Waals surface area contributed by atoms with Crippen LogP contribution >= 0.6 is 0 Å². The van der Waals surface area contributed by atoms with E-state index in [4.69, 9.17) is 5.73 Å². The molecule has 0 saturated heterocycles. The lowest BCUT2D eigenvalue weighted by Crippen LogP contribution is -1.97. The van der Waals surface area contributed by atoms with Crippen molar-refractivity contribution >= 4 is 0 Å². The molecule has 0 fully saturated rings. The topological polar surface area (TPSA) is 49.8 Å². The van der Waals surface area contributed by atoms with E-state index in [1.54, 1.807) is 0 Å². The van der Waals surface area contributed by atoms with E-state index in [0.717, 1.165) is 36.1 Å². The van der Waals surface area contributed by atoms with Crippen LogP contribution in [0.15, 0.2) is 48.5 Å². The van der Waals surface area contributed by atoms with Crippen molar-refractivity contribution in [3.8, 4) is 17.2 Å². The molecule has 2 heteroatoms. The number of aryl methyl sites for hydroxylation is 1. The van der Waals surface area contributed by atoms with E-state index in [1.165, 1.54) is 37.7 Å². The minimum absolute atomic E-state index is 0.734. The van der Waals surface area contributed by atoms with Crippen LogP contribution in [-0.2, 0) is 6.42 Å². The SMILES string of the molecule is N#Cc1ccccc1-c1ccc(CCCCCCCCN)cc1. The Morgan fingerprint density at radius 2 is 1.43 bits per heavy atom. The maximum Gasteiger partial charge on any atom is 0.0998 e. The summed E-state index contributed by atoms with van der Waals surface area (Å²) in [5.41, 5.74) is 9.75. The first-order valence-electron chi connectivity index (χ1n) is 8.63. The molecule has 23 heavy (non-hydrogen) atoms. The standard InChI is InChI=1S/C21H26N2/c22-16-8-4-2-1-3-5-9-18-12-14-19(15-13-18)21-11-7-6-10-20(21)17-23/h6-7,10-15H,1-5,8-9,16,22H2. The van der Waals surface area contributed by atoms with E-state index in [-0.39, 0.29) is 0 Å². The van der Waals surface area contributed by atoms with Gasteiger partial charge in [-0.2, -0.15) is 5.26 Å². The van der Waals surface area contributed by atoms with Gasteiger partial charge in [0.15, 0.2) is 0 Å². The monoisotopic (exact) mass is 306 g/mol. The predicted octanol–water partition coefficient (Wildman–Crippen LogP) is 5.07. The van der Waals surface area contributed by atoms with Crippen molar-refractivity contribution in [2.45, 2.75) is 44.9 Å². The Kier molecular flexibility index (Phi) is 7.36. The third-order valence-electron chi connectivity index (χ3n) is 4.23. The first-order chi connectivity index (χ1) is 11.3. The zero-order chi connectivity index (χ0) is 16.3. The van der Waals surface area contributed by atoms with Gasteiger partial charge in [0.25, 0.3) is 0 Å². The molecule has 2 N–H and O–H groups in total. The Morgan fingerprint density at radius 1 is 0.783 bits per heavy atom. The average Bonchev–Trinajstić information content (AvgIpc) is 2.61. The highest BCUT2D eigenvalue weighted by Gasteiger charge is 2.03. The lowest BCUT2D eigenvalue weighted by molar-refractivity contribution is 0.597. The predicted molar refractivity (Wildman–Crippen MR) is 97.1 cm³/mol. The van der Waals surface area contributed by atoms with Crippen LogP contribution in [0.1, 0.15) is 49.7 Å². The zero-order valence-electron chi connectivity index (χ0n) is 13.8. The highest BCUT2D eigenvalue weighted by molar-refractivity contribution is 5.70. The largest absolute Gasteiger partial charge is 0.330 e. The second-order valence-corrected chi connectivity index (χ2v) is 6.01. The van der Waals surface area contributed by atoms with Gasteiger partial charge in [0.1, 0.15) is 0 Å². The lowest BCUT2D eigenvalue weighted by atomic mass is 9.98. The summed E-state index contributed by atoms with van der Waals surface area (Å²) in [7, 11) is 0. The summed E-state index contributed by atoms with van der Waals surface area (Å²) in [5.74, 6) is 0. The molecular formula is C21H26N2. The number of hydrogen-bond donors (Lipinski definition) is 1. The number of unbranched alkanes of at least 4 members (excludes halogenated alkanes) is 5. The number of nitrogens with two attached hydrogens (primary N) is 1. The van der Waals surface area contributed by atoms with Crippen molar-refractivity contribution in [2.75, 3.05) is 6.54 Å². The molecule has 2 nitrogen and oxygen atoms in total. The molecular weight excluding hydrogens is 280 g/mol. The normalized spacial score (nSPS) is 10.4. The molecule has 0 aliphatic heterocycles. The van der Waals surface area contributed by atoms with Gasteiger partial charge in [0, 0.05) is 0 Å². The molecule has 0 aliphatic carbocycles. The number of nitrogens with zero attached hydrogens (tertiary/aromatic N) is 1. The van der Waals surface area contributed by atoms with Gasteiger partial charge in [0.05, 0.1) is 11.6 Å². The molecule has 0 radical (unpaired) electrons. The summed E-state index contributed by atoms with van der Waals surface area (Å²) in [6.07, 6.45) is 8.72. The molecule has 0 spiro atoms. The Labute approximate surface area is 140 Å². The zero-order valence-corrected chi connectivity index (χ0v) is 13.8. The number of benzene rings is 2. The summed E-state index contributed by atoms with van der Waals surface area (Å²) in [6.45, 7) is 0.821. The highest BCUT2D eigenvalue weighted by Crippen LogP contribution is 2.24. The van der Waals surface area contributed by atoms with E-state index in [2.05, 4.69) is 30.3 Å². The van der Waals surface area contributed by atoms with Crippen LogP contribution in [0.5, 0.6) is 0 Å². The molecule has 120 valence electrons. The second kappa shape index (κ2) is 9.82. The molecule has 0 unspecified atom stereocenters. The fraction of sp³-hybridized carbons (Fsp3) is 0.381. The summed E-state index contributed by atoms with van der Waals surface area (Å²) in [6, 6.07) is 18.7. The van der Waals surface area contributed by atoms with Gasteiger partial charge >= 0.3 is 0 Å². The van der Waals surface area contributed by atoms with Gasteiger partial charge in [-0.3, -0.25) is 0 Å². The van der Waals surface area contributed by atoms with Gasteiger partial charge in [-0.1, -0.05) is 68.1 Å². The minimum Gasteiger partial charge on any atom is -0.330 e. The molecule has 2 aromatic carbocycles. The van der Waals surface area contributed by atoms with Gasteiger partial charge in [-0.25, -0.2) is 0 Å². The van der Waals surface area contributed by atoms with E-state index >= 15 is 0 Å². The molecule has 2 aromatic rings. The molecule has 0 saturated carbocycles. The summed E-state index contributed by atoms with van der Waals surface area (Å²) >= 11 is 0. The smallest absolute Gasteiger partial charge is 0.0998 e. The quantitative estimate of drug-likeness (QED) is 0.658. The van der Waals surface area contributed by atoms with Crippen LogP contribution in [0.4, 0.5) is 0 Å². The fourth-order valence-electron chi connectivity index (χ4n) is 2.86. The Bertz CT molecular complexity index is 623. The van der Waals surface area contributed by atoms with Crippen LogP contribution in [0.2, 0.25) is 0 Å². The van der Waals surface area contributed by atoms with Gasteiger partial charge in [-0.15, -0.1) is 0 Å². The molecule has 0 heterocycles. The maximum absolute atomic E-state index is 9.20. The minimum atomic E-state index is 0.734. The van der Waals surface area contributed by atoms with Crippen molar-refractivity contribution in [1.29, 1.82) is 5.26 Å². The Hall–Kier alpha value is -2.11. The highest BCUT2D eigenvalue weighted by atomic mass is 14.5. The van der Waals surface area contributed by atoms with Crippen molar-refractivity contribution in [3.63, 3.8) is 0 Å². The fourth-order valence-corrected chi connectivity index (χ4v) is 2.86. The summed E-state index contributed by atoms with van der Waals surface area (Å²) < 4.78 is 0. The Balaban J connectivity index is 1.82. The summed E-state index contributed by atoms with van der Waals surface area (Å²) in [5, 5.41) is 9.20. The molecule has 0 bridgehead atoms. The van der Waals surface area contributed by atoms with Gasteiger partial charge in [0.2, 0.25) is 0 Å². The second-order valence-electron chi connectivity index (χ2n) is 6.01. The van der Waals surface area contributed by atoms with Crippen LogP contribution in [0, 0.1) is 11.3 Å². The third-order valence-corrected chi connectivity index (χ3v) is 4.23. The first-order valence-corrected chi connectivity index (χ1v) is 8.63. The molecule has 0 aliphatic rings. The number of nitriles is 1. The van der Waals surface area contributed by atoms with Crippen LogP contribution < -0.4 is 5.73 Å². The van der Waals surface area contributed by atoms with Gasteiger partial charge in [-0.05, 0) is 48.6 Å². The third kappa shape index (κ3) is 5.54. The van der Waals surface area contributed by atoms with E-state index in [0.29, 0.717) is 0 Å². The van der Waals surface area contributed by atoms with Crippen LogP contribution in [0.3, 0.4) is 0 Å². The maximum atomic E-state index is 9.20. The van der Waals surface area contributed by atoms with Gasteiger partial charge < -0.3 is 5.73 Å². The molecule has 0 amide bonds. The number of hydrogen-bond acceptors (Lipinski definition) is 2. The van der Waals surface area contributed by atoms with E-state index < -0.39 is 0 Å². The van der Waals surface area contributed by atoms with Crippen molar-refractivity contribution < 1.29 is 0 Å². The van der Waals surface area contributed by atoms with E-state index in [1.807, 2.05) is 24.3 Å². The Morgan fingerprint density at radius 3 is 2.13 bits per heavy atom.